The van der Waals surface area contributed by atoms with Gasteiger partial charge in [-0.05, 0) is 24.0 Å². The highest BCUT2D eigenvalue weighted by Crippen LogP contribution is 2.15. The van der Waals surface area contributed by atoms with Crippen molar-refractivity contribution in [2.24, 2.45) is 5.92 Å². The molecule has 1 rings (SSSR count). The second-order valence-electron chi connectivity index (χ2n) is 4.16. The van der Waals surface area contributed by atoms with Crippen molar-refractivity contribution in [1.82, 2.24) is 5.32 Å². The number of rotatable bonds is 6. The van der Waals surface area contributed by atoms with Crippen LogP contribution in [0.4, 0.5) is 0 Å². The molecule has 0 bridgehead atoms. The molecule has 0 saturated heterocycles. The Morgan fingerprint density at radius 3 is 2.76 bits per heavy atom. The number of amides is 1. The van der Waals surface area contributed by atoms with Gasteiger partial charge in [0.2, 0.25) is 5.91 Å². The van der Waals surface area contributed by atoms with E-state index in [9.17, 15) is 4.79 Å². The summed E-state index contributed by atoms with van der Waals surface area (Å²) in [6.45, 7) is 2.73. The molecule has 1 amide bonds. The zero-order chi connectivity index (χ0) is 12.7. The largest absolute Gasteiger partial charge is 0.356 e. The summed E-state index contributed by atoms with van der Waals surface area (Å²) in [5.74, 6) is 1.03. The summed E-state index contributed by atoms with van der Waals surface area (Å²) in [4.78, 5) is 11.7. The third-order valence-electron chi connectivity index (χ3n) is 2.56. The van der Waals surface area contributed by atoms with Gasteiger partial charge in [0, 0.05) is 17.4 Å². The van der Waals surface area contributed by atoms with Crippen LogP contribution in [-0.2, 0) is 11.2 Å². The summed E-state index contributed by atoms with van der Waals surface area (Å²) in [6.07, 6.45) is 1.24. The predicted molar refractivity (Wildman–Crippen MR) is 72.7 cm³/mol. The van der Waals surface area contributed by atoms with Gasteiger partial charge in [0.05, 0.1) is 6.42 Å². The van der Waals surface area contributed by atoms with Crippen molar-refractivity contribution >= 4 is 29.1 Å². The van der Waals surface area contributed by atoms with Gasteiger partial charge < -0.3 is 5.32 Å². The van der Waals surface area contributed by atoms with Crippen molar-refractivity contribution in [1.29, 1.82) is 0 Å². The molecule has 94 valence electrons. The maximum Gasteiger partial charge on any atom is 0.224 e. The molecule has 2 nitrogen and oxygen atoms in total. The van der Waals surface area contributed by atoms with Gasteiger partial charge in [0.1, 0.15) is 0 Å². The van der Waals surface area contributed by atoms with E-state index >= 15 is 0 Å². The quantitative estimate of drug-likeness (QED) is 0.792. The number of carbonyl (C=O) groups is 1. The Kier molecular flexibility index (Phi) is 6.38. The molecule has 1 N–H and O–H groups in total. The fraction of sp³-hybridized carbons (Fsp3) is 0.462. The van der Waals surface area contributed by atoms with Crippen LogP contribution in [0.2, 0.25) is 5.02 Å². The van der Waals surface area contributed by atoms with Gasteiger partial charge in [0.15, 0.2) is 0 Å². The summed E-state index contributed by atoms with van der Waals surface area (Å²) < 4.78 is 0. The third-order valence-corrected chi connectivity index (χ3v) is 3.15. The summed E-state index contributed by atoms with van der Waals surface area (Å²) in [5.41, 5.74) is 0.858. The lowest BCUT2D eigenvalue weighted by Crippen LogP contribution is -2.29. The lowest BCUT2D eigenvalue weighted by molar-refractivity contribution is -0.120. The highest BCUT2D eigenvalue weighted by atomic mass is 35.5. The average Bonchev–Trinajstić information content (AvgIpc) is 2.30. The van der Waals surface area contributed by atoms with Gasteiger partial charge in [-0.15, -0.1) is 11.6 Å². The minimum absolute atomic E-state index is 0.000442. The van der Waals surface area contributed by atoms with Crippen molar-refractivity contribution in [2.75, 3.05) is 12.4 Å². The molecular weight excluding hydrogens is 257 g/mol. The van der Waals surface area contributed by atoms with Gasteiger partial charge in [-0.25, -0.2) is 0 Å². The third kappa shape index (κ3) is 5.42. The summed E-state index contributed by atoms with van der Waals surface area (Å²) in [6, 6.07) is 7.39. The lowest BCUT2D eigenvalue weighted by Gasteiger charge is -2.11. The van der Waals surface area contributed by atoms with Crippen molar-refractivity contribution < 1.29 is 4.79 Å². The SMILES string of the molecule is CC(CCCl)CNC(=O)Cc1ccccc1Cl. The van der Waals surface area contributed by atoms with Crippen LogP contribution < -0.4 is 5.32 Å². The van der Waals surface area contributed by atoms with E-state index < -0.39 is 0 Å². The first kappa shape index (κ1) is 14.3. The van der Waals surface area contributed by atoms with E-state index in [0.29, 0.717) is 29.8 Å². The van der Waals surface area contributed by atoms with Crippen LogP contribution in [0.5, 0.6) is 0 Å². The molecule has 0 aromatic heterocycles. The first-order valence-corrected chi connectivity index (χ1v) is 6.60. The zero-order valence-electron chi connectivity index (χ0n) is 9.88. The predicted octanol–water partition coefficient (Wildman–Crippen LogP) is 3.26. The molecule has 1 aromatic rings. The van der Waals surface area contributed by atoms with Crippen molar-refractivity contribution in [3.05, 3.63) is 34.9 Å². The number of hydrogen-bond donors (Lipinski definition) is 1. The van der Waals surface area contributed by atoms with Crippen molar-refractivity contribution in [3.8, 4) is 0 Å². The summed E-state index contributed by atoms with van der Waals surface area (Å²) in [5, 5.41) is 3.52. The van der Waals surface area contributed by atoms with Crippen LogP contribution in [-0.4, -0.2) is 18.3 Å². The molecule has 1 atom stereocenters. The Labute approximate surface area is 112 Å². The smallest absolute Gasteiger partial charge is 0.224 e. The number of benzene rings is 1. The van der Waals surface area contributed by atoms with Gasteiger partial charge >= 0.3 is 0 Å². The van der Waals surface area contributed by atoms with E-state index in [1.54, 1.807) is 6.07 Å². The highest BCUT2D eigenvalue weighted by Gasteiger charge is 2.08. The summed E-state index contributed by atoms with van der Waals surface area (Å²) in [7, 11) is 0. The number of hydrogen-bond acceptors (Lipinski definition) is 1. The van der Waals surface area contributed by atoms with E-state index in [1.807, 2.05) is 18.2 Å². The Morgan fingerprint density at radius 1 is 1.41 bits per heavy atom. The van der Waals surface area contributed by atoms with E-state index in [2.05, 4.69) is 12.2 Å². The molecule has 17 heavy (non-hydrogen) atoms. The standard InChI is InChI=1S/C13H17Cl2NO/c1-10(6-7-14)9-16-13(17)8-11-4-2-3-5-12(11)15/h2-5,10H,6-9H2,1H3,(H,16,17). The Bertz CT molecular complexity index is 368. The molecule has 0 heterocycles. The molecule has 0 aliphatic heterocycles. The normalized spacial score (nSPS) is 12.2. The molecule has 1 unspecified atom stereocenters. The van der Waals surface area contributed by atoms with Gasteiger partial charge in [0.25, 0.3) is 0 Å². The molecule has 0 aliphatic rings. The van der Waals surface area contributed by atoms with Crippen LogP contribution in [0, 0.1) is 5.92 Å². The Morgan fingerprint density at radius 2 is 2.12 bits per heavy atom. The van der Waals surface area contributed by atoms with Crippen LogP contribution in [0.1, 0.15) is 18.9 Å². The van der Waals surface area contributed by atoms with Crippen molar-refractivity contribution in [3.63, 3.8) is 0 Å². The second-order valence-corrected chi connectivity index (χ2v) is 4.94. The minimum atomic E-state index is -0.000442. The highest BCUT2D eigenvalue weighted by molar-refractivity contribution is 6.31. The van der Waals surface area contributed by atoms with Crippen LogP contribution in [0.15, 0.2) is 24.3 Å². The molecule has 0 fully saturated rings. The molecule has 0 saturated carbocycles. The number of halogens is 2. The molecule has 4 heteroatoms. The molecule has 1 aromatic carbocycles. The van der Waals surface area contributed by atoms with Crippen LogP contribution >= 0.6 is 23.2 Å². The maximum absolute atomic E-state index is 11.7. The molecule has 0 spiro atoms. The van der Waals surface area contributed by atoms with Gasteiger partial charge in [-0.1, -0.05) is 36.7 Å². The number of nitrogens with one attached hydrogen (secondary N) is 1. The number of carbonyl (C=O) groups excluding carboxylic acids is 1. The minimum Gasteiger partial charge on any atom is -0.356 e. The van der Waals surface area contributed by atoms with Crippen LogP contribution in [0.3, 0.4) is 0 Å². The first-order chi connectivity index (χ1) is 8.13. The fourth-order valence-corrected chi connectivity index (χ4v) is 2.03. The Hall–Kier alpha value is -0.730. The number of alkyl halides is 1. The van der Waals surface area contributed by atoms with E-state index in [1.165, 1.54) is 0 Å². The van der Waals surface area contributed by atoms with Crippen molar-refractivity contribution in [2.45, 2.75) is 19.8 Å². The second kappa shape index (κ2) is 7.57. The maximum atomic E-state index is 11.7. The van der Waals surface area contributed by atoms with Gasteiger partial charge in [-0.3, -0.25) is 4.79 Å². The van der Waals surface area contributed by atoms with Crippen LogP contribution in [0.25, 0.3) is 0 Å². The molecule has 0 radical (unpaired) electrons. The lowest BCUT2D eigenvalue weighted by atomic mass is 10.1. The Balaban J connectivity index is 2.37. The van der Waals surface area contributed by atoms with E-state index in [-0.39, 0.29) is 5.91 Å². The monoisotopic (exact) mass is 273 g/mol. The zero-order valence-corrected chi connectivity index (χ0v) is 11.4. The first-order valence-electron chi connectivity index (χ1n) is 5.69. The average molecular weight is 274 g/mol. The topological polar surface area (TPSA) is 29.1 Å². The molecule has 0 aliphatic carbocycles. The fourth-order valence-electron chi connectivity index (χ4n) is 1.45. The van der Waals surface area contributed by atoms with E-state index in [4.69, 9.17) is 23.2 Å². The van der Waals surface area contributed by atoms with Gasteiger partial charge in [-0.2, -0.15) is 0 Å². The molecular formula is C13H17Cl2NO. The van der Waals surface area contributed by atoms with E-state index in [0.717, 1.165) is 12.0 Å². The summed E-state index contributed by atoms with van der Waals surface area (Å²) >= 11 is 11.6.